The number of aromatic nitrogens is 1. The van der Waals surface area contributed by atoms with Crippen LogP contribution in [0.1, 0.15) is 6.92 Å². The fourth-order valence-corrected chi connectivity index (χ4v) is 3.58. The number of carboxylic acid groups (broad SMARTS) is 1. The Kier molecular flexibility index (Phi) is 3.86. The Morgan fingerprint density at radius 3 is 3.06 bits per heavy atom. The predicted molar refractivity (Wildman–Crippen MR) is 68.9 cm³/mol. The molecule has 0 aliphatic rings. The van der Waals surface area contributed by atoms with E-state index in [1.54, 1.807) is 11.3 Å². The summed E-state index contributed by atoms with van der Waals surface area (Å²) in [6.45, 7) is 2.09. The Hall–Kier alpha value is -1.27. The second kappa shape index (κ2) is 5.37. The van der Waals surface area contributed by atoms with Crippen LogP contribution in [0.2, 0.25) is 0 Å². The minimum Gasteiger partial charge on any atom is -0.450 e. The fraction of sp³-hybridized carbons (Fsp3) is 0.273. The van der Waals surface area contributed by atoms with Crippen LogP contribution in [0.5, 0.6) is 0 Å². The minimum absolute atomic E-state index is 0.0617. The normalized spacial score (nSPS) is 12.5. The first-order chi connectivity index (χ1) is 8.15. The lowest BCUT2D eigenvalue weighted by atomic mass is 10.3. The molecule has 1 atom stereocenters. The lowest BCUT2D eigenvalue weighted by Crippen LogP contribution is -2.11. The van der Waals surface area contributed by atoms with E-state index in [2.05, 4.69) is 9.72 Å². The Bertz CT molecular complexity index is 493. The Morgan fingerprint density at radius 2 is 2.35 bits per heavy atom. The third kappa shape index (κ3) is 3.34. The van der Waals surface area contributed by atoms with Crippen molar-refractivity contribution in [3.05, 3.63) is 24.3 Å². The third-order valence-electron chi connectivity index (χ3n) is 2.02. The highest BCUT2D eigenvalue weighted by Crippen LogP contribution is 2.31. The molecule has 0 saturated carbocycles. The highest BCUT2D eigenvalue weighted by molar-refractivity contribution is 8.01. The molecule has 0 fully saturated rings. The lowest BCUT2D eigenvalue weighted by molar-refractivity contribution is 0.0929. The molecule has 0 aliphatic heterocycles. The monoisotopic (exact) mass is 269 g/mol. The van der Waals surface area contributed by atoms with Gasteiger partial charge in [-0.05, 0) is 19.1 Å². The molecule has 1 N–H and O–H groups in total. The van der Waals surface area contributed by atoms with Crippen molar-refractivity contribution < 1.29 is 14.6 Å². The van der Waals surface area contributed by atoms with Crippen LogP contribution in [-0.4, -0.2) is 28.1 Å². The Morgan fingerprint density at radius 1 is 1.59 bits per heavy atom. The van der Waals surface area contributed by atoms with Gasteiger partial charge in [0, 0.05) is 5.25 Å². The van der Waals surface area contributed by atoms with Crippen LogP contribution in [0.3, 0.4) is 0 Å². The second-order valence-corrected chi connectivity index (χ2v) is 6.17. The van der Waals surface area contributed by atoms with Crippen LogP contribution in [0.15, 0.2) is 28.6 Å². The Labute approximate surface area is 107 Å². The summed E-state index contributed by atoms with van der Waals surface area (Å²) in [6, 6.07) is 7.92. The van der Waals surface area contributed by atoms with Gasteiger partial charge in [0.25, 0.3) is 0 Å². The summed E-state index contributed by atoms with van der Waals surface area (Å²) in [4.78, 5) is 14.7. The molecule has 2 rings (SSSR count). The number of rotatable bonds is 4. The van der Waals surface area contributed by atoms with E-state index in [0.29, 0.717) is 0 Å². The van der Waals surface area contributed by atoms with E-state index in [4.69, 9.17) is 5.11 Å². The first-order valence-corrected chi connectivity index (χ1v) is 6.72. The summed E-state index contributed by atoms with van der Waals surface area (Å²) >= 11 is 3.14. The molecule has 0 spiro atoms. The molecule has 1 heterocycles. The molecule has 0 aliphatic carbocycles. The molecule has 1 unspecified atom stereocenters. The van der Waals surface area contributed by atoms with Gasteiger partial charge in [0.2, 0.25) is 0 Å². The topological polar surface area (TPSA) is 59.4 Å². The average molecular weight is 269 g/mol. The summed E-state index contributed by atoms with van der Waals surface area (Å²) < 4.78 is 6.60. The van der Waals surface area contributed by atoms with E-state index < -0.39 is 6.16 Å². The second-order valence-electron chi connectivity index (χ2n) is 3.45. The number of benzene rings is 1. The van der Waals surface area contributed by atoms with Gasteiger partial charge in [-0.3, -0.25) is 0 Å². The van der Waals surface area contributed by atoms with Gasteiger partial charge in [-0.25, -0.2) is 9.78 Å². The molecule has 4 nitrogen and oxygen atoms in total. The number of thioether (sulfide) groups is 1. The largest absolute Gasteiger partial charge is 0.505 e. The number of hydrogen-bond acceptors (Lipinski definition) is 5. The zero-order valence-corrected chi connectivity index (χ0v) is 10.8. The average Bonchev–Trinajstić information content (AvgIpc) is 2.68. The van der Waals surface area contributed by atoms with Crippen molar-refractivity contribution in [2.75, 3.05) is 6.61 Å². The number of ether oxygens (including phenoxy) is 1. The number of nitrogens with zero attached hydrogens (tertiary/aromatic N) is 1. The van der Waals surface area contributed by atoms with Crippen LogP contribution < -0.4 is 0 Å². The molecular weight excluding hydrogens is 258 g/mol. The molecule has 2 aromatic rings. The zero-order chi connectivity index (χ0) is 12.3. The van der Waals surface area contributed by atoms with Gasteiger partial charge in [-0.15, -0.1) is 11.3 Å². The quantitative estimate of drug-likeness (QED) is 0.680. The number of fused-ring (bicyclic) bond motifs is 1. The lowest BCUT2D eigenvalue weighted by Gasteiger charge is -2.07. The summed E-state index contributed by atoms with van der Waals surface area (Å²) in [5, 5.41) is 8.46. The van der Waals surface area contributed by atoms with Gasteiger partial charge in [0.15, 0.2) is 4.34 Å². The minimum atomic E-state index is -1.23. The highest BCUT2D eigenvalue weighted by atomic mass is 32.2. The van der Waals surface area contributed by atoms with Crippen molar-refractivity contribution in [2.45, 2.75) is 16.5 Å². The van der Waals surface area contributed by atoms with Crippen LogP contribution >= 0.6 is 23.1 Å². The summed E-state index contributed by atoms with van der Waals surface area (Å²) in [7, 11) is 0. The van der Waals surface area contributed by atoms with Gasteiger partial charge in [0.1, 0.15) is 6.61 Å². The molecule has 0 amide bonds. The predicted octanol–water partition coefficient (Wildman–Crippen LogP) is 3.47. The maximum absolute atomic E-state index is 10.3. The third-order valence-corrected chi connectivity index (χ3v) is 4.22. The molecule has 0 saturated heterocycles. The van der Waals surface area contributed by atoms with E-state index in [9.17, 15) is 4.79 Å². The van der Waals surface area contributed by atoms with Gasteiger partial charge >= 0.3 is 6.16 Å². The summed E-state index contributed by atoms with van der Waals surface area (Å²) in [6.07, 6.45) is -1.23. The molecule has 0 radical (unpaired) electrons. The molecular formula is C11H11NO3S2. The maximum Gasteiger partial charge on any atom is 0.505 e. The number of para-hydroxylation sites is 1. The van der Waals surface area contributed by atoms with Crippen molar-refractivity contribution >= 4 is 39.5 Å². The van der Waals surface area contributed by atoms with Crippen molar-refractivity contribution in [3.63, 3.8) is 0 Å². The van der Waals surface area contributed by atoms with Crippen LogP contribution in [-0.2, 0) is 4.74 Å². The first kappa shape index (κ1) is 12.2. The van der Waals surface area contributed by atoms with Gasteiger partial charge in [-0.1, -0.05) is 23.9 Å². The van der Waals surface area contributed by atoms with E-state index >= 15 is 0 Å². The van der Waals surface area contributed by atoms with Crippen molar-refractivity contribution in [2.24, 2.45) is 0 Å². The van der Waals surface area contributed by atoms with Crippen molar-refractivity contribution in [3.8, 4) is 0 Å². The van der Waals surface area contributed by atoms with Crippen LogP contribution in [0.25, 0.3) is 10.2 Å². The molecule has 1 aromatic heterocycles. The van der Waals surface area contributed by atoms with E-state index in [-0.39, 0.29) is 11.9 Å². The number of thiazole rings is 1. The fourth-order valence-electron chi connectivity index (χ4n) is 1.30. The number of hydrogen-bond donors (Lipinski definition) is 1. The van der Waals surface area contributed by atoms with E-state index in [1.807, 2.05) is 31.2 Å². The summed E-state index contributed by atoms with van der Waals surface area (Å²) in [5.41, 5.74) is 0.978. The standard InChI is InChI=1S/C11H11NO3S2/c1-7(6-15-11(13)14)16-10-12-8-4-2-3-5-9(8)17-10/h2-5,7H,6H2,1H3,(H,13,14). The smallest absolute Gasteiger partial charge is 0.450 e. The molecule has 6 heteroatoms. The zero-order valence-electron chi connectivity index (χ0n) is 9.12. The molecule has 90 valence electrons. The first-order valence-electron chi connectivity index (χ1n) is 5.03. The molecule has 1 aromatic carbocycles. The van der Waals surface area contributed by atoms with Crippen LogP contribution in [0, 0.1) is 0 Å². The SMILES string of the molecule is CC(COC(=O)O)Sc1nc2ccccc2s1. The van der Waals surface area contributed by atoms with Gasteiger partial charge in [0.05, 0.1) is 10.2 Å². The van der Waals surface area contributed by atoms with E-state index in [0.717, 1.165) is 14.6 Å². The van der Waals surface area contributed by atoms with E-state index in [1.165, 1.54) is 11.8 Å². The molecule has 0 bridgehead atoms. The summed E-state index contributed by atoms with van der Waals surface area (Å²) in [5.74, 6) is 0. The van der Waals surface area contributed by atoms with Crippen LogP contribution in [0.4, 0.5) is 4.79 Å². The van der Waals surface area contributed by atoms with Crippen molar-refractivity contribution in [1.29, 1.82) is 0 Å². The van der Waals surface area contributed by atoms with Gasteiger partial charge in [-0.2, -0.15) is 0 Å². The molecule has 17 heavy (non-hydrogen) atoms. The van der Waals surface area contributed by atoms with Crippen molar-refractivity contribution in [1.82, 2.24) is 4.98 Å². The number of carbonyl (C=O) groups is 1. The Balaban J connectivity index is 2.00. The highest BCUT2D eigenvalue weighted by Gasteiger charge is 2.11. The van der Waals surface area contributed by atoms with Gasteiger partial charge < -0.3 is 9.84 Å². The maximum atomic E-state index is 10.3.